The van der Waals surface area contributed by atoms with Crippen molar-refractivity contribution in [2.45, 2.75) is 0 Å². The average molecular weight is 860 g/mol. The maximum Gasteiger partial charge on any atom is 3.00 e. The van der Waals surface area contributed by atoms with Crippen LogP contribution in [0.5, 0.6) is 0 Å². The average Bonchev–Trinajstić information content (AvgIpc) is 1.79. The first kappa shape index (κ1) is 134. The van der Waals surface area contributed by atoms with Crippen LogP contribution in [0.3, 0.4) is 0 Å². The Labute approximate surface area is 300 Å². The van der Waals surface area contributed by atoms with Gasteiger partial charge in [-0.1, -0.05) is 0 Å². The first-order chi connectivity index (χ1) is 10.0. The summed E-state index contributed by atoms with van der Waals surface area (Å²) in [5.41, 5.74) is 0. The molecule has 0 aliphatic heterocycles. The molecule has 0 heterocycles. The maximum absolute atomic E-state index is 8.52. The Morgan fingerprint density at radius 1 is 0.256 bits per heavy atom. The van der Waals surface area contributed by atoms with Crippen LogP contribution in [0.15, 0.2) is 0 Å². The van der Waals surface area contributed by atoms with E-state index in [4.69, 9.17) is 87.6 Å². The summed E-state index contributed by atoms with van der Waals surface area (Å²) in [7, 11) is -25.8. The van der Waals surface area contributed by atoms with Gasteiger partial charge in [0.25, 0.3) is 0 Å². The van der Waals surface area contributed by atoms with E-state index in [-0.39, 0.29) is 164 Å². The van der Waals surface area contributed by atoms with Crippen LogP contribution in [-0.2, 0) is 103 Å². The van der Waals surface area contributed by atoms with Gasteiger partial charge in [0, 0.05) is 52.0 Å². The Morgan fingerprint density at radius 3 is 0.256 bits per heavy atom. The quantitative estimate of drug-likeness (QED) is 0.124. The van der Waals surface area contributed by atoms with E-state index >= 15 is 0 Å². The second-order valence-electron chi connectivity index (χ2n) is 2.04. The molecule has 28 nitrogen and oxygen atoms in total. The molecule has 239 valence electrons. The fraction of sp³-hybridized carbons (Fsp3) is 0. The fourth-order valence-electron chi connectivity index (χ4n) is 0. The van der Waals surface area contributed by atoms with Crippen molar-refractivity contribution < 1.29 is 183 Å². The molecule has 0 unspecified atom stereocenters. The molecule has 0 atom stereocenters. The van der Waals surface area contributed by atoms with Gasteiger partial charge < -0.3 is 89.3 Å². The van der Waals surface area contributed by atoms with Gasteiger partial charge in [0.2, 0.25) is 0 Å². The summed E-state index contributed by atoms with van der Waals surface area (Å²) < 4.78 is 170. The minimum absolute atomic E-state index is 0. The van der Waals surface area contributed by atoms with Gasteiger partial charge in [-0.05, 0) is 0 Å². The smallest absolute Gasteiger partial charge is 0.870 e. The molecule has 39 heavy (non-hydrogen) atoms. The Hall–Kier alpha value is 2.89. The van der Waals surface area contributed by atoms with Crippen molar-refractivity contribution in [2.24, 2.45) is 0 Å². The van der Waals surface area contributed by atoms with Crippen molar-refractivity contribution in [1.29, 1.82) is 0 Å². The van der Waals surface area contributed by atoms with Crippen LogP contribution in [0, 0.1) is 0 Å². The zero-order valence-corrected chi connectivity index (χ0v) is 28.8. The molecule has 0 spiro atoms. The van der Waals surface area contributed by atoms with Crippen LogP contribution in [0.1, 0.15) is 0 Å². The number of rotatable bonds is 0. The second kappa shape index (κ2) is 60.1. The van der Waals surface area contributed by atoms with Crippen LogP contribution in [-0.4, -0.2) is 201 Å². The molecule has 0 rings (SSSR count). The molecular weight excluding hydrogens is 849 g/mol. The molecule has 3 radical (unpaired) electrons. The van der Waals surface area contributed by atoms with Crippen LogP contribution < -0.4 is 0 Å². The summed E-state index contributed by atoms with van der Waals surface area (Å²) >= 11 is 0. The van der Waals surface area contributed by atoms with Crippen LogP contribution in [0.2, 0.25) is 0 Å². The van der Waals surface area contributed by atoms with Gasteiger partial charge in [0.05, 0.1) is 0 Å². The Balaban J connectivity index is -0.00000000692. The van der Waals surface area contributed by atoms with Crippen molar-refractivity contribution in [3.05, 3.63) is 0 Å². The van der Waals surface area contributed by atoms with Crippen LogP contribution in [0.4, 0.5) is 0 Å². The molecule has 0 aromatic rings. The molecule has 0 fully saturated rings. The molecule has 0 aromatic carbocycles. The maximum atomic E-state index is 8.52. The summed E-state index contributed by atoms with van der Waals surface area (Å²) in [6.07, 6.45) is 0. The first-order valence-corrected chi connectivity index (χ1v) is 10.0. The Kier molecular flexibility index (Phi) is 206. The summed E-state index contributed by atoms with van der Waals surface area (Å²) in [5, 5.41) is 0. The SMILES string of the molecule is O.O.O.O=S(=O)([O-])[O-].O=S(=O)([O-])[O-].O=S(=O)([O-])[O-].O=S(=O)([O-])[O-].O=S(=O)([O-])[O-].[Fe+3].[Fe+3].[Fe+3].[Mg+2].[Mg+2].[Mg+2].[OH-].[OH-].[OH-].[OH-].[OH-]. The van der Waals surface area contributed by atoms with Crippen molar-refractivity contribution in [1.82, 2.24) is 0 Å². The van der Waals surface area contributed by atoms with E-state index in [1.165, 1.54) is 0 Å². The minimum Gasteiger partial charge on any atom is -0.870 e. The Morgan fingerprint density at radius 2 is 0.256 bits per heavy atom. The third-order valence-electron chi connectivity index (χ3n) is 0. The van der Waals surface area contributed by atoms with E-state index in [9.17, 15) is 0 Å². The molecule has 0 saturated heterocycles. The van der Waals surface area contributed by atoms with Gasteiger partial charge >= 0.3 is 120 Å². The Bertz CT molecular complexity index is 641. The van der Waals surface area contributed by atoms with Gasteiger partial charge in [-0.3, -0.25) is 42.1 Å². The molecule has 0 aliphatic carbocycles. The predicted octanol–water partition coefficient (Wildman–Crippen LogP) is -11.2. The van der Waals surface area contributed by atoms with Gasteiger partial charge in [0.1, 0.15) is 0 Å². The monoisotopic (exact) mass is 859 g/mol. The minimum atomic E-state index is -5.17. The molecule has 0 aliphatic rings. The molecule has 39 heteroatoms. The van der Waals surface area contributed by atoms with Gasteiger partial charge in [-0.15, -0.1) is 0 Å². The van der Waals surface area contributed by atoms with Gasteiger partial charge in [-0.2, -0.15) is 0 Å². The second-order valence-corrected chi connectivity index (χ2v) is 6.12. The van der Waals surface area contributed by atoms with E-state index in [0.717, 1.165) is 0 Å². The van der Waals surface area contributed by atoms with Crippen molar-refractivity contribution in [2.75, 3.05) is 0 Å². The normalized spacial score (nSPS) is 7.44. The van der Waals surface area contributed by atoms with Gasteiger partial charge in [-0.25, -0.2) is 0 Å². The van der Waals surface area contributed by atoms with E-state index in [0.29, 0.717) is 0 Å². The summed E-state index contributed by atoms with van der Waals surface area (Å²) in [5.74, 6) is 0. The molecule has 0 bridgehead atoms. The van der Waals surface area contributed by atoms with Crippen LogP contribution >= 0.6 is 0 Å². The van der Waals surface area contributed by atoms with Crippen molar-refractivity contribution in [3.8, 4) is 0 Å². The van der Waals surface area contributed by atoms with E-state index in [1.807, 2.05) is 0 Å². The molecule has 11 N–H and O–H groups in total. The number of hydrogen-bond donors (Lipinski definition) is 0. The van der Waals surface area contributed by atoms with Crippen LogP contribution in [0.25, 0.3) is 0 Å². The fourth-order valence-corrected chi connectivity index (χ4v) is 0. The van der Waals surface area contributed by atoms with Gasteiger partial charge in [0.15, 0.2) is 0 Å². The largest absolute Gasteiger partial charge is 3.00 e. The topological polar surface area (TPSA) is 646 Å². The first-order valence-electron chi connectivity index (χ1n) is 3.33. The molecule has 0 aromatic heterocycles. The predicted molar refractivity (Wildman–Crippen MR) is 90.2 cm³/mol. The summed E-state index contributed by atoms with van der Waals surface area (Å²) in [6, 6.07) is 0. The standard InChI is InChI=1S/3Fe.3Mg.5H2O4S.8H2O/c;;;;;;5*1-5(2,3)4;;;;;;;;/h;;;;;;5*(H2,1,2,3,4);8*1H2/q3*+3;3*+2;;;;;;;;;;;;;/p-15. The molecule has 0 saturated carbocycles. The summed E-state index contributed by atoms with van der Waals surface area (Å²) in [4.78, 5) is 0. The van der Waals surface area contributed by atoms with E-state index in [2.05, 4.69) is 0 Å². The number of hydrogen-bond acceptors (Lipinski definition) is 25. The molecule has 0 amide bonds. The van der Waals surface area contributed by atoms with E-state index < -0.39 is 52.0 Å². The van der Waals surface area contributed by atoms with Crippen molar-refractivity contribution in [3.63, 3.8) is 0 Å². The third-order valence-corrected chi connectivity index (χ3v) is 0. The zero-order chi connectivity index (χ0) is 22.5. The van der Waals surface area contributed by atoms with Crippen molar-refractivity contribution >= 4 is 121 Å². The van der Waals surface area contributed by atoms with E-state index in [1.54, 1.807) is 0 Å². The summed E-state index contributed by atoms with van der Waals surface area (Å²) in [6.45, 7) is 0. The third kappa shape index (κ3) is 7420. The zero-order valence-electron chi connectivity index (χ0n) is 17.1. The molecular formula is H11Fe3Mg3O28S5.